The Hall–Kier alpha value is -1.83. The highest BCUT2D eigenvalue weighted by Gasteiger charge is 2.17. The second-order valence-corrected chi connectivity index (χ2v) is 6.62. The molecule has 116 valence electrons. The van der Waals surface area contributed by atoms with Gasteiger partial charge in [-0.05, 0) is 18.2 Å². The zero-order valence-electron chi connectivity index (χ0n) is 11.8. The number of rotatable bonds is 3. The van der Waals surface area contributed by atoms with Gasteiger partial charge in [0.15, 0.2) is 18.0 Å². The molecule has 3 heterocycles. The molecule has 0 fully saturated rings. The summed E-state index contributed by atoms with van der Waals surface area (Å²) in [6, 6.07) is 7.41. The molecule has 4 nitrogen and oxygen atoms in total. The van der Waals surface area contributed by atoms with Crippen molar-refractivity contribution in [1.82, 2.24) is 13.9 Å². The first-order valence-electron chi connectivity index (χ1n) is 6.59. The summed E-state index contributed by atoms with van der Waals surface area (Å²) < 4.78 is 21.2. The molecule has 0 aliphatic heterocycles. The second kappa shape index (κ2) is 5.67. The minimum atomic E-state index is 0.0824. The summed E-state index contributed by atoms with van der Waals surface area (Å²) in [5.74, 6) is 0.708. The van der Waals surface area contributed by atoms with Crippen molar-refractivity contribution in [1.29, 1.82) is 0 Å². The van der Waals surface area contributed by atoms with Gasteiger partial charge >= 0.3 is 0 Å². The standard InChI is InChI=1S/C15H9ClFN3OS2/c1-21-12-5-13-11(18-7-22-13)4-9(12)10-6-20(23-17)15-8(10)2-3-14(16)19-15/h2-7H,1H3. The second-order valence-electron chi connectivity index (χ2n) is 4.82. The van der Waals surface area contributed by atoms with Crippen LogP contribution in [-0.2, 0) is 0 Å². The van der Waals surface area contributed by atoms with E-state index in [1.807, 2.05) is 18.2 Å². The van der Waals surface area contributed by atoms with Gasteiger partial charge in [-0.15, -0.1) is 15.2 Å². The predicted molar refractivity (Wildman–Crippen MR) is 94.0 cm³/mol. The lowest BCUT2D eigenvalue weighted by molar-refractivity contribution is 0.417. The molecule has 0 unspecified atom stereocenters. The average molecular weight is 366 g/mol. The molecule has 8 heteroatoms. The SMILES string of the molecule is COc1cc2scnc2cc1-c1cn(SF)c2nc(Cl)ccc12. The number of benzene rings is 1. The molecule has 4 rings (SSSR count). The summed E-state index contributed by atoms with van der Waals surface area (Å²) in [7, 11) is 1.61. The fourth-order valence-electron chi connectivity index (χ4n) is 2.58. The van der Waals surface area contributed by atoms with Gasteiger partial charge in [0, 0.05) is 28.8 Å². The molecule has 0 saturated carbocycles. The van der Waals surface area contributed by atoms with Gasteiger partial charge in [-0.2, -0.15) is 0 Å². The van der Waals surface area contributed by atoms with E-state index in [4.69, 9.17) is 16.3 Å². The van der Waals surface area contributed by atoms with E-state index in [9.17, 15) is 3.89 Å². The van der Waals surface area contributed by atoms with E-state index in [0.29, 0.717) is 16.5 Å². The zero-order chi connectivity index (χ0) is 16.0. The summed E-state index contributed by atoms with van der Waals surface area (Å²) in [5.41, 5.74) is 4.80. The molecule has 1 aromatic carbocycles. The van der Waals surface area contributed by atoms with Crippen molar-refractivity contribution in [2.75, 3.05) is 7.11 Å². The molecular weight excluding hydrogens is 357 g/mol. The first-order valence-corrected chi connectivity index (χ1v) is 8.52. The lowest BCUT2D eigenvalue weighted by Crippen LogP contribution is -1.87. The van der Waals surface area contributed by atoms with Crippen molar-refractivity contribution in [3.05, 3.63) is 41.1 Å². The van der Waals surface area contributed by atoms with Crippen LogP contribution in [0.4, 0.5) is 3.89 Å². The predicted octanol–water partition coefficient (Wildman–Crippen LogP) is 5.36. The summed E-state index contributed by atoms with van der Waals surface area (Å²) in [5, 5.41) is 1.12. The molecule has 23 heavy (non-hydrogen) atoms. The summed E-state index contributed by atoms with van der Waals surface area (Å²) in [4.78, 5) is 8.56. The summed E-state index contributed by atoms with van der Waals surface area (Å²) in [6.07, 6.45) is 1.69. The lowest BCUT2D eigenvalue weighted by Gasteiger charge is -2.07. The van der Waals surface area contributed by atoms with Crippen LogP contribution in [0.5, 0.6) is 5.75 Å². The zero-order valence-corrected chi connectivity index (χ0v) is 14.2. The van der Waals surface area contributed by atoms with Gasteiger partial charge in [0.25, 0.3) is 0 Å². The highest BCUT2D eigenvalue weighted by Crippen LogP contribution is 2.40. The molecule has 4 aromatic rings. The van der Waals surface area contributed by atoms with Gasteiger partial charge in [-0.3, -0.25) is 0 Å². The number of methoxy groups -OCH3 is 1. The molecule has 0 saturated heterocycles. The van der Waals surface area contributed by atoms with Crippen LogP contribution in [0.15, 0.2) is 36.0 Å². The fraction of sp³-hybridized carbons (Fsp3) is 0.0667. The van der Waals surface area contributed by atoms with Crippen LogP contribution < -0.4 is 4.74 Å². The molecule has 0 aliphatic rings. The molecule has 0 atom stereocenters. The van der Waals surface area contributed by atoms with Crippen LogP contribution in [0.25, 0.3) is 32.4 Å². The van der Waals surface area contributed by atoms with Crippen LogP contribution in [0.2, 0.25) is 5.15 Å². The Morgan fingerprint density at radius 1 is 1.30 bits per heavy atom. The molecule has 0 aliphatic carbocycles. The highest BCUT2D eigenvalue weighted by atomic mass is 35.5. The van der Waals surface area contributed by atoms with Gasteiger partial charge in [-0.1, -0.05) is 11.6 Å². The molecule has 3 aromatic heterocycles. The largest absolute Gasteiger partial charge is 0.496 e. The van der Waals surface area contributed by atoms with Gasteiger partial charge in [0.05, 0.1) is 22.8 Å². The maximum absolute atomic E-state index is 13.3. The number of fused-ring (bicyclic) bond motifs is 2. The number of nitrogens with zero attached hydrogens (tertiary/aromatic N) is 3. The maximum atomic E-state index is 13.3. The van der Waals surface area contributed by atoms with Crippen LogP contribution in [0, 0.1) is 0 Å². The molecule has 0 radical (unpaired) electrons. The van der Waals surface area contributed by atoms with Crippen LogP contribution in [0.1, 0.15) is 0 Å². The third-order valence-electron chi connectivity index (χ3n) is 3.60. The number of ether oxygens (including phenoxy) is 1. The fourth-order valence-corrected chi connectivity index (χ4v) is 3.76. The smallest absolute Gasteiger partial charge is 0.171 e. The van der Waals surface area contributed by atoms with Crippen molar-refractivity contribution in [3.8, 4) is 16.9 Å². The number of thiazole rings is 1. The average Bonchev–Trinajstić information content (AvgIpc) is 3.16. The monoisotopic (exact) mass is 365 g/mol. The van der Waals surface area contributed by atoms with Crippen molar-refractivity contribution in [2.24, 2.45) is 0 Å². The number of halogens is 2. The topological polar surface area (TPSA) is 39.9 Å². The van der Waals surface area contributed by atoms with Crippen LogP contribution in [0.3, 0.4) is 0 Å². The minimum Gasteiger partial charge on any atom is -0.496 e. The van der Waals surface area contributed by atoms with Crippen molar-refractivity contribution in [2.45, 2.75) is 0 Å². The van der Waals surface area contributed by atoms with Crippen molar-refractivity contribution < 1.29 is 8.62 Å². The molecule has 0 spiro atoms. The van der Waals surface area contributed by atoms with E-state index in [0.717, 1.165) is 26.7 Å². The lowest BCUT2D eigenvalue weighted by atomic mass is 10.0. The summed E-state index contributed by atoms with van der Waals surface area (Å²) >= 11 is 7.56. The van der Waals surface area contributed by atoms with E-state index < -0.39 is 0 Å². The van der Waals surface area contributed by atoms with E-state index >= 15 is 0 Å². The third kappa shape index (κ3) is 2.36. The van der Waals surface area contributed by atoms with E-state index in [1.54, 1.807) is 36.2 Å². The quantitative estimate of drug-likeness (QED) is 0.458. The Bertz CT molecular complexity index is 1030. The Kier molecular flexibility index (Phi) is 3.63. The molecule has 0 bridgehead atoms. The highest BCUT2D eigenvalue weighted by molar-refractivity contribution is 7.92. The maximum Gasteiger partial charge on any atom is 0.171 e. The summed E-state index contributed by atoms with van der Waals surface area (Å²) in [6.45, 7) is 0. The van der Waals surface area contributed by atoms with Crippen LogP contribution in [-0.4, -0.2) is 21.1 Å². The molecule has 0 amide bonds. The van der Waals surface area contributed by atoms with Crippen LogP contribution >= 0.6 is 35.3 Å². The van der Waals surface area contributed by atoms with Gasteiger partial charge in [0.1, 0.15) is 10.9 Å². The van der Waals surface area contributed by atoms with Gasteiger partial charge < -0.3 is 4.74 Å². The Morgan fingerprint density at radius 2 is 2.17 bits per heavy atom. The van der Waals surface area contributed by atoms with E-state index in [2.05, 4.69) is 9.97 Å². The first kappa shape index (κ1) is 14.7. The number of pyridine rings is 1. The van der Waals surface area contributed by atoms with Crippen molar-refractivity contribution in [3.63, 3.8) is 0 Å². The van der Waals surface area contributed by atoms with E-state index in [-0.39, 0.29) is 12.3 Å². The van der Waals surface area contributed by atoms with E-state index in [1.165, 1.54) is 3.97 Å². The van der Waals surface area contributed by atoms with Crippen molar-refractivity contribution >= 4 is 56.5 Å². The van der Waals surface area contributed by atoms with Gasteiger partial charge in [-0.25, -0.2) is 13.9 Å². The Balaban J connectivity index is 2.05. The molecular formula is C15H9ClFN3OS2. The first-order chi connectivity index (χ1) is 11.2. The Labute approximate surface area is 144 Å². The molecule has 0 N–H and O–H groups in total. The Morgan fingerprint density at radius 3 is 2.96 bits per heavy atom. The number of hydrogen-bond acceptors (Lipinski definition) is 5. The minimum absolute atomic E-state index is 0.0824. The van der Waals surface area contributed by atoms with Gasteiger partial charge in [0.2, 0.25) is 0 Å². The third-order valence-corrected chi connectivity index (χ3v) is 5.03. The number of hydrogen-bond donors (Lipinski definition) is 0. The normalized spacial score (nSPS) is 11.4. The number of aromatic nitrogens is 3.